The van der Waals surface area contributed by atoms with Crippen LogP contribution in [0.15, 0.2) is 34.1 Å². The summed E-state index contributed by atoms with van der Waals surface area (Å²) in [5.41, 5.74) is 2.81. The van der Waals surface area contributed by atoms with Gasteiger partial charge in [0.15, 0.2) is 12.3 Å². The number of carbonyl (C=O) groups excluding carboxylic acids is 1. The summed E-state index contributed by atoms with van der Waals surface area (Å²) in [6, 6.07) is 7.50. The Morgan fingerprint density at radius 1 is 1.32 bits per heavy atom. The van der Waals surface area contributed by atoms with Crippen LogP contribution < -0.4 is 5.32 Å². The first-order valence-corrected chi connectivity index (χ1v) is 7.86. The molecule has 1 heterocycles. The maximum Gasteiger partial charge on any atom is 0.265 e. The summed E-state index contributed by atoms with van der Waals surface area (Å²) in [5, 5.41) is 14.3. The smallest absolute Gasteiger partial charge is 0.265 e. The number of oxime groups is 1. The lowest BCUT2D eigenvalue weighted by molar-refractivity contribution is -0.120. The molecule has 0 unspecified atom stereocenters. The van der Waals surface area contributed by atoms with Crippen LogP contribution in [-0.2, 0) is 16.1 Å². The number of aryl methyl sites for hydroxylation is 1. The Hall–Kier alpha value is -1.97. The first-order valence-electron chi connectivity index (χ1n) is 6.78. The Bertz CT molecular complexity index is 696. The molecule has 8 heteroatoms. The second kappa shape index (κ2) is 6.86. The van der Waals surface area contributed by atoms with Gasteiger partial charge < -0.3 is 10.2 Å². The van der Waals surface area contributed by atoms with E-state index in [-0.39, 0.29) is 12.5 Å². The molecular weight excluding hydrogens is 399 g/mol. The number of benzene rings is 1. The van der Waals surface area contributed by atoms with Crippen molar-refractivity contribution in [3.8, 4) is 0 Å². The van der Waals surface area contributed by atoms with E-state index < -0.39 is 0 Å². The normalized spacial score (nSPS) is 15.4. The van der Waals surface area contributed by atoms with Gasteiger partial charge in [-0.3, -0.25) is 4.79 Å². The van der Waals surface area contributed by atoms with Crippen LogP contribution in [0, 0.1) is 3.57 Å². The third kappa shape index (κ3) is 3.62. The van der Waals surface area contributed by atoms with Crippen LogP contribution in [0.1, 0.15) is 24.2 Å². The largest absolute Gasteiger partial charge is 0.385 e. The van der Waals surface area contributed by atoms with Gasteiger partial charge >= 0.3 is 0 Å². The predicted molar refractivity (Wildman–Crippen MR) is 87.5 cm³/mol. The minimum Gasteiger partial charge on any atom is -0.385 e. The van der Waals surface area contributed by atoms with Crippen molar-refractivity contribution in [1.82, 2.24) is 10.3 Å². The van der Waals surface area contributed by atoms with Crippen molar-refractivity contribution >= 4 is 39.9 Å². The third-order valence-electron chi connectivity index (χ3n) is 3.16. The van der Waals surface area contributed by atoms with Crippen LogP contribution in [0.5, 0.6) is 0 Å². The molecule has 1 aliphatic rings. The summed E-state index contributed by atoms with van der Waals surface area (Å²) in [6.45, 7) is -0.157. The SMILES string of the molecule is O=C(CON=C1CCCc2nonc21)Nc1ccc(I)cc1. The third-order valence-corrected chi connectivity index (χ3v) is 3.87. The van der Waals surface area contributed by atoms with Crippen molar-refractivity contribution < 1.29 is 14.3 Å². The van der Waals surface area contributed by atoms with Gasteiger partial charge in [0.2, 0.25) is 0 Å². The molecule has 1 amide bonds. The van der Waals surface area contributed by atoms with Crippen LogP contribution in [0.2, 0.25) is 0 Å². The molecule has 1 aliphatic carbocycles. The zero-order valence-corrected chi connectivity index (χ0v) is 13.7. The molecule has 0 spiro atoms. The molecule has 114 valence electrons. The highest BCUT2D eigenvalue weighted by atomic mass is 127. The highest BCUT2D eigenvalue weighted by Gasteiger charge is 2.21. The Labute approximate surface area is 140 Å². The van der Waals surface area contributed by atoms with Gasteiger partial charge in [0.05, 0.1) is 0 Å². The summed E-state index contributed by atoms with van der Waals surface area (Å²) in [5.74, 6) is -0.264. The first-order chi connectivity index (χ1) is 10.7. The van der Waals surface area contributed by atoms with Gasteiger partial charge in [0.25, 0.3) is 5.91 Å². The quantitative estimate of drug-likeness (QED) is 0.615. The van der Waals surface area contributed by atoms with Crippen molar-refractivity contribution in [2.24, 2.45) is 5.16 Å². The van der Waals surface area contributed by atoms with Crippen molar-refractivity contribution in [3.05, 3.63) is 39.2 Å². The number of nitrogens with one attached hydrogen (secondary N) is 1. The van der Waals surface area contributed by atoms with Gasteiger partial charge in [-0.1, -0.05) is 10.3 Å². The summed E-state index contributed by atoms with van der Waals surface area (Å²) in [7, 11) is 0. The molecule has 0 saturated heterocycles. The summed E-state index contributed by atoms with van der Waals surface area (Å²) in [6.07, 6.45) is 2.48. The molecule has 22 heavy (non-hydrogen) atoms. The number of hydrogen-bond acceptors (Lipinski definition) is 6. The van der Waals surface area contributed by atoms with Gasteiger partial charge in [0, 0.05) is 9.26 Å². The van der Waals surface area contributed by atoms with E-state index in [1.165, 1.54) is 0 Å². The Kier molecular flexibility index (Phi) is 4.66. The van der Waals surface area contributed by atoms with Crippen LogP contribution in [0.25, 0.3) is 0 Å². The maximum atomic E-state index is 11.8. The Balaban J connectivity index is 1.54. The number of fused-ring (bicyclic) bond motifs is 1. The number of hydrogen-bond donors (Lipinski definition) is 1. The van der Waals surface area contributed by atoms with E-state index in [0.29, 0.717) is 11.4 Å². The van der Waals surface area contributed by atoms with Crippen molar-refractivity contribution in [1.29, 1.82) is 0 Å². The fourth-order valence-electron chi connectivity index (χ4n) is 2.12. The average molecular weight is 412 g/mol. The number of rotatable bonds is 4. The zero-order chi connectivity index (χ0) is 15.4. The van der Waals surface area contributed by atoms with E-state index in [1.54, 1.807) is 0 Å². The van der Waals surface area contributed by atoms with Crippen LogP contribution in [0.3, 0.4) is 0 Å². The molecule has 0 aliphatic heterocycles. The van der Waals surface area contributed by atoms with E-state index in [1.807, 2.05) is 24.3 Å². The maximum absolute atomic E-state index is 11.8. The molecule has 2 aromatic rings. The van der Waals surface area contributed by atoms with E-state index in [2.05, 4.69) is 43.4 Å². The standard InChI is InChI=1S/C14H13IN4O3/c15-9-4-6-10(7-5-9)16-13(20)8-21-17-11-2-1-3-12-14(11)19-22-18-12/h4-7H,1-3,8H2,(H,16,20). The minimum absolute atomic E-state index is 0.157. The first kappa shape index (κ1) is 14.9. The predicted octanol–water partition coefficient (Wildman–Crippen LogP) is 2.37. The highest BCUT2D eigenvalue weighted by Crippen LogP contribution is 2.18. The zero-order valence-electron chi connectivity index (χ0n) is 11.6. The number of amides is 1. The van der Waals surface area contributed by atoms with Gasteiger partial charge in [-0.15, -0.1) is 0 Å². The van der Waals surface area contributed by atoms with Crippen molar-refractivity contribution in [2.75, 3.05) is 11.9 Å². The van der Waals surface area contributed by atoms with Gasteiger partial charge in [-0.2, -0.15) is 0 Å². The van der Waals surface area contributed by atoms with Crippen molar-refractivity contribution in [2.45, 2.75) is 19.3 Å². The molecule has 0 bridgehead atoms. The Morgan fingerprint density at radius 2 is 2.14 bits per heavy atom. The topological polar surface area (TPSA) is 89.6 Å². The number of carbonyl (C=O) groups is 1. The fourth-order valence-corrected chi connectivity index (χ4v) is 2.48. The van der Waals surface area contributed by atoms with Gasteiger partial charge in [0.1, 0.15) is 11.4 Å². The number of nitrogens with zero attached hydrogens (tertiary/aromatic N) is 3. The lowest BCUT2D eigenvalue weighted by Crippen LogP contribution is -2.18. The number of halogens is 1. The molecule has 1 N–H and O–H groups in total. The molecule has 1 aromatic carbocycles. The second-order valence-electron chi connectivity index (χ2n) is 4.78. The van der Waals surface area contributed by atoms with E-state index in [0.717, 1.165) is 34.2 Å². The lowest BCUT2D eigenvalue weighted by Gasteiger charge is -2.09. The fraction of sp³-hybridized carbons (Fsp3) is 0.286. The van der Waals surface area contributed by atoms with Crippen LogP contribution >= 0.6 is 22.6 Å². The molecule has 0 radical (unpaired) electrons. The number of aromatic nitrogens is 2. The molecular formula is C14H13IN4O3. The van der Waals surface area contributed by atoms with Gasteiger partial charge in [-0.05, 0) is 71.3 Å². The molecule has 7 nitrogen and oxygen atoms in total. The van der Waals surface area contributed by atoms with E-state index in [9.17, 15) is 4.79 Å². The molecule has 0 fully saturated rings. The second-order valence-corrected chi connectivity index (χ2v) is 6.03. The molecule has 1 aromatic heterocycles. The summed E-state index contributed by atoms with van der Waals surface area (Å²) >= 11 is 2.20. The summed E-state index contributed by atoms with van der Waals surface area (Å²) in [4.78, 5) is 16.9. The minimum atomic E-state index is -0.264. The number of anilines is 1. The Morgan fingerprint density at radius 3 is 2.95 bits per heavy atom. The van der Waals surface area contributed by atoms with E-state index >= 15 is 0 Å². The molecule has 0 saturated carbocycles. The summed E-state index contributed by atoms with van der Waals surface area (Å²) < 4.78 is 5.80. The van der Waals surface area contributed by atoms with Gasteiger partial charge in [-0.25, -0.2) is 4.63 Å². The highest BCUT2D eigenvalue weighted by molar-refractivity contribution is 14.1. The average Bonchev–Trinajstić information content (AvgIpc) is 2.99. The van der Waals surface area contributed by atoms with Crippen LogP contribution in [-0.4, -0.2) is 28.5 Å². The molecule has 3 rings (SSSR count). The monoisotopic (exact) mass is 412 g/mol. The van der Waals surface area contributed by atoms with Crippen molar-refractivity contribution in [3.63, 3.8) is 0 Å². The van der Waals surface area contributed by atoms with E-state index in [4.69, 9.17) is 9.47 Å². The lowest BCUT2D eigenvalue weighted by atomic mass is 9.99. The molecule has 0 atom stereocenters. The van der Waals surface area contributed by atoms with Crippen LogP contribution in [0.4, 0.5) is 5.69 Å².